The number of fused-ring (bicyclic) bond motifs is 1. The largest absolute Gasteiger partial charge is 0.597 e. The Kier molecular flexibility index (Phi) is 6.60. The van der Waals surface area contributed by atoms with Crippen LogP contribution >= 0.6 is 7.60 Å². The lowest BCUT2D eigenvalue weighted by molar-refractivity contribution is 0.138. The number of hydrogen-bond acceptors (Lipinski definition) is 7. The summed E-state index contributed by atoms with van der Waals surface area (Å²) in [7, 11) is -0.973. The first-order chi connectivity index (χ1) is 12.1. The molecule has 0 bridgehead atoms. The lowest BCUT2D eigenvalue weighted by atomic mass is 10.0. The number of amides is 1. The van der Waals surface area contributed by atoms with E-state index in [2.05, 4.69) is 4.72 Å². The quantitative estimate of drug-likeness (QED) is 0.499. The SMILES string of the molecule is COP(=O)(CN[S+]([O-])CN(C(=O)O)c1cccc2c1OC(C)(C)C2)OC. The third kappa shape index (κ3) is 4.91. The highest BCUT2D eigenvalue weighted by molar-refractivity contribution is 7.89. The molecule has 0 aliphatic carbocycles. The van der Waals surface area contributed by atoms with Gasteiger partial charge in [0.25, 0.3) is 0 Å². The Balaban J connectivity index is 2.15. The molecular formula is C15H23N2O7PS. The van der Waals surface area contributed by atoms with E-state index in [1.807, 2.05) is 19.9 Å². The van der Waals surface area contributed by atoms with Gasteiger partial charge >= 0.3 is 13.7 Å². The molecule has 0 fully saturated rings. The van der Waals surface area contributed by atoms with Crippen LogP contribution in [0.25, 0.3) is 0 Å². The predicted molar refractivity (Wildman–Crippen MR) is 98.0 cm³/mol. The van der Waals surface area contributed by atoms with Crippen LogP contribution in [0.4, 0.5) is 10.5 Å². The molecule has 146 valence electrons. The number of carboxylic acid groups (broad SMARTS) is 1. The minimum atomic E-state index is -3.40. The molecule has 1 unspecified atom stereocenters. The van der Waals surface area contributed by atoms with Crippen LogP contribution in [0.3, 0.4) is 0 Å². The van der Waals surface area contributed by atoms with E-state index < -0.39 is 30.7 Å². The second-order valence-electron chi connectivity index (χ2n) is 6.27. The maximum Gasteiger partial charge on any atom is 0.415 e. The van der Waals surface area contributed by atoms with Crippen molar-refractivity contribution < 1.29 is 32.8 Å². The van der Waals surface area contributed by atoms with E-state index in [4.69, 9.17) is 13.8 Å². The molecule has 1 atom stereocenters. The molecule has 0 radical (unpaired) electrons. The van der Waals surface area contributed by atoms with Crippen LogP contribution in [0.1, 0.15) is 19.4 Å². The molecule has 1 aliphatic rings. The molecule has 0 saturated heterocycles. The molecule has 1 aromatic carbocycles. The molecule has 0 aromatic heterocycles. The number of anilines is 1. The van der Waals surface area contributed by atoms with E-state index in [9.17, 15) is 19.0 Å². The van der Waals surface area contributed by atoms with Crippen molar-refractivity contribution in [1.29, 1.82) is 0 Å². The number of nitrogens with zero attached hydrogens (tertiary/aromatic N) is 1. The third-order valence-corrected chi connectivity index (χ3v) is 6.64. The van der Waals surface area contributed by atoms with Gasteiger partial charge in [-0.1, -0.05) is 12.1 Å². The fraction of sp³-hybridized carbons (Fsp3) is 0.533. The average Bonchev–Trinajstić information content (AvgIpc) is 2.91. The van der Waals surface area contributed by atoms with Crippen LogP contribution < -0.4 is 14.4 Å². The summed E-state index contributed by atoms with van der Waals surface area (Å²) in [4.78, 5) is 12.7. The molecular weight excluding hydrogens is 383 g/mol. The van der Waals surface area contributed by atoms with Crippen molar-refractivity contribution in [1.82, 2.24) is 4.72 Å². The van der Waals surface area contributed by atoms with E-state index in [1.54, 1.807) is 12.1 Å². The highest BCUT2D eigenvalue weighted by Crippen LogP contribution is 2.45. The minimum absolute atomic E-state index is 0.309. The first kappa shape index (κ1) is 21.0. The number of ether oxygens (including phenoxy) is 1. The third-order valence-electron chi connectivity index (χ3n) is 3.81. The second kappa shape index (κ2) is 8.16. The van der Waals surface area contributed by atoms with Crippen LogP contribution in [0.5, 0.6) is 5.75 Å². The fourth-order valence-electron chi connectivity index (χ4n) is 2.56. The number of nitrogens with one attached hydrogen (secondary N) is 1. The van der Waals surface area contributed by atoms with Crippen LogP contribution in [0, 0.1) is 0 Å². The Bertz CT molecular complexity index is 707. The lowest BCUT2D eigenvalue weighted by Gasteiger charge is -2.24. The number of rotatable bonds is 8. The van der Waals surface area contributed by atoms with Crippen molar-refractivity contribution in [3.05, 3.63) is 23.8 Å². The zero-order valence-corrected chi connectivity index (χ0v) is 16.8. The minimum Gasteiger partial charge on any atom is -0.597 e. The summed E-state index contributed by atoms with van der Waals surface area (Å²) < 4.78 is 42.1. The van der Waals surface area contributed by atoms with Crippen LogP contribution in [0.2, 0.25) is 0 Å². The maximum absolute atomic E-state index is 12.3. The fourth-order valence-corrected chi connectivity index (χ4v) is 4.75. The molecule has 11 heteroatoms. The highest BCUT2D eigenvalue weighted by atomic mass is 32.2. The van der Waals surface area contributed by atoms with Gasteiger partial charge in [-0.25, -0.2) is 9.69 Å². The summed E-state index contributed by atoms with van der Waals surface area (Å²) in [5.41, 5.74) is 0.766. The van der Waals surface area contributed by atoms with E-state index in [-0.39, 0.29) is 12.2 Å². The summed E-state index contributed by atoms with van der Waals surface area (Å²) in [6.45, 7) is 3.82. The monoisotopic (exact) mass is 406 g/mol. The van der Waals surface area contributed by atoms with Gasteiger partial charge in [0, 0.05) is 26.2 Å². The smallest absolute Gasteiger partial charge is 0.415 e. The Morgan fingerprint density at radius 3 is 2.69 bits per heavy atom. The second-order valence-corrected chi connectivity index (χ2v) is 9.77. The molecule has 0 saturated carbocycles. The van der Waals surface area contributed by atoms with Gasteiger partial charge in [0.2, 0.25) is 5.88 Å². The summed E-state index contributed by atoms with van der Waals surface area (Å²) in [5, 5.41) is 9.56. The van der Waals surface area contributed by atoms with E-state index >= 15 is 0 Å². The van der Waals surface area contributed by atoms with E-state index in [1.165, 1.54) is 14.2 Å². The molecule has 2 rings (SSSR count). The van der Waals surface area contributed by atoms with Crippen LogP contribution in [0.15, 0.2) is 18.2 Å². The predicted octanol–water partition coefficient (Wildman–Crippen LogP) is 2.54. The van der Waals surface area contributed by atoms with Crippen molar-refractivity contribution in [2.75, 3.05) is 31.3 Å². The number of benzene rings is 1. The topological polar surface area (TPSA) is 120 Å². The molecule has 1 aromatic rings. The molecule has 2 N–H and O–H groups in total. The Labute approximate surface area is 155 Å². The van der Waals surface area contributed by atoms with Crippen LogP contribution in [-0.2, 0) is 31.4 Å². The van der Waals surface area contributed by atoms with Crippen molar-refractivity contribution in [2.24, 2.45) is 0 Å². The van der Waals surface area contributed by atoms with Gasteiger partial charge in [-0.3, -0.25) is 4.57 Å². The standard InChI is InChI=1S/C15H23N2O7PS/c1-15(2)8-11-6-5-7-12(13(11)24-15)17(14(18)19)10-26(21)16-9-25(20,22-3)23-4/h5-7,16H,8-10H2,1-4H3,(H,18,19). The molecule has 1 aliphatic heterocycles. The number of para-hydroxylation sites is 1. The number of carbonyl (C=O) groups is 1. The van der Waals surface area contributed by atoms with Crippen molar-refractivity contribution in [3.63, 3.8) is 0 Å². The molecule has 0 spiro atoms. The Morgan fingerprint density at radius 2 is 2.12 bits per heavy atom. The summed E-state index contributed by atoms with van der Waals surface area (Å²) in [6.07, 6.45) is -0.935. The van der Waals surface area contributed by atoms with Gasteiger partial charge in [-0.05, 0) is 19.9 Å². The summed E-state index contributed by atoms with van der Waals surface area (Å²) in [6, 6.07) is 5.20. The average molecular weight is 406 g/mol. The first-order valence-electron chi connectivity index (χ1n) is 7.74. The van der Waals surface area contributed by atoms with Crippen LogP contribution in [-0.4, -0.2) is 47.7 Å². The lowest BCUT2D eigenvalue weighted by Crippen LogP contribution is -2.40. The Hall–Kier alpha value is -1.29. The van der Waals surface area contributed by atoms with E-state index in [0.29, 0.717) is 17.9 Å². The summed E-state index contributed by atoms with van der Waals surface area (Å²) >= 11 is -1.83. The van der Waals surface area contributed by atoms with Gasteiger partial charge in [0.1, 0.15) is 17.6 Å². The van der Waals surface area contributed by atoms with Gasteiger partial charge in [-0.15, -0.1) is 4.72 Å². The highest BCUT2D eigenvalue weighted by Gasteiger charge is 2.35. The molecule has 1 amide bonds. The number of hydrogen-bond donors (Lipinski definition) is 2. The van der Waals surface area contributed by atoms with Gasteiger partial charge in [0.05, 0.1) is 17.0 Å². The van der Waals surface area contributed by atoms with Gasteiger partial charge in [0.15, 0.2) is 0 Å². The van der Waals surface area contributed by atoms with E-state index in [0.717, 1.165) is 10.5 Å². The van der Waals surface area contributed by atoms with Crippen molar-refractivity contribution >= 4 is 30.7 Å². The summed E-state index contributed by atoms with van der Waals surface area (Å²) in [5.74, 6) is 0.0968. The van der Waals surface area contributed by atoms with Crippen molar-refractivity contribution in [3.8, 4) is 5.75 Å². The first-order valence-corrected chi connectivity index (χ1v) is 10.8. The maximum atomic E-state index is 12.3. The normalized spacial score (nSPS) is 16.7. The molecule has 9 nitrogen and oxygen atoms in total. The molecule has 1 heterocycles. The zero-order chi connectivity index (χ0) is 19.5. The van der Waals surface area contributed by atoms with Gasteiger partial charge in [-0.2, -0.15) is 0 Å². The Morgan fingerprint density at radius 1 is 1.46 bits per heavy atom. The molecule has 26 heavy (non-hydrogen) atoms. The zero-order valence-electron chi connectivity index (χ0n) is 15.1. The van der Waals surface area contributed by atoms with Crippen molar-refractivity contribution in [2.45, 2.75) is 25.9 Å². The van der Waals surface area contributed by atoms with Gasteiger partial charge < -0.3 is 23.4 Å².